The van der Waals surface area contributed by atoms with Crippen molar-refractivity contribution in [3.05, 3.63) is 28.5 Å². The van der Waals surface area contributed by atoms with E-state index in [1.807, 2.05) is 0 Å². The molecule has 1 aliphatic rings. The number of ether oxygens (including phenoxy) is 1. The average Bonchev–Trinajstić information content (AvgIpc) is 2.83. The molecule has 1 aliphatic carbocycles. The van der Waals surface area contributed by atoms with Gasteiger partial charge >= 0.3 is 0 Å². The molecule has 64 valence electrons. The molecule has 0 aromatic heterocycles. The van der Waals surface area contributed by atoms with Crippen molar-refractivity contribution in [1.82, 2.24) is 0 Å². The third-order valence-electron chi connectivity index (χ3n) is 1.73. The Morgan fingerprint density at radius 2 is 2.17 bits per heavy atom. The van der Waals surface area contributed by atoms with Crippen molar-refractivity contribution in [2.75, 3.05) is 0 Å². The maximum atomic E-state index is 12.9. The summed E-state index contributed by atoms with van der Waals surface area (Å²) in [5, 5.41) is 0. The minimum atomic E-state index is -0.270. The normalized spacial score (nSPS) is 16.2. The quantitative estimate of drug-likeness (QED) is 0.759. The molecule has 0 aliphatic heterocycles. The second kappa shape index (κ2) is 3.05. The van der Waals surface area contributed by atoms with E-state index in [0.717, 1.165) is 12.8 Å². The van der Waals surface area contributed by atoms with E-state index in [1.165, 1.54) is 6.07 Å². The molecule has 1 nitrogen and oxygen atoms in total. The Labute approximate surface area is 78.7 Å². The molecule has 0 amide bonds. The Bertz CT molecular complexity index is 297. The number of rotatable bonds is 2. The Balaban J connectivity index is 2.23. The molecule has 3 heteroatoms. The van der Waals surface area contributed by atoms with Gasteiger partial charge in [0, 0.05) is 0 Å². The molecular weight excluding hydrogens is 223 g/mol. The zero-order chi connectivity index (χ0) is 8.55. The highest BCUT2D eigenvalue weighted by atomic mass is 79.9. The molecule has 2 rings (SSSR count). The van der Waals surface area contributed by atoms with Gasteiger partial charge in [0.05, 0.1) is 10.6 Å². The summed E-state index contributed by atoms with van der Waals surface area (Å²) in [5.74, 6) is 0.339. The lowest BCUT2D eigenvalue weighted by Gasteiger charge is -2.06. The molecule has 0 heterocycles. The zero-order valence-corrected chi connectivity index (χ0v) is 7.97. The molecule has 0 saturated heterocycles. The van der Waals surface area contributed by atoms with Crippen LogP contribution in [0.4, 0.5) is 4.39 Å². The van der Waals surface area contributed by atoms with Gasteiger partial charge < -0.3 is 4.74 Å². The van der Waals surface area contributed by atoms with Gasteiger partial charge in [-0.1, -0.05) is 6.07 Å². The Kier molecular flexibility index (Phi) is 2.05. The van der Waals surface area contributed by atoms with Gasteiger partial charge in [-0.2, -0.15) is 0 Å². The van der Waals surface area contributed by atoms with E-state index in [4.69, 9.17) is 4.74 Å². The number of hydrogen-bond acceptors (Lipinski definition) is 1. The lowest BCUT2D eigenvalue weighted by molar-refractivity contribution is 0.299. The van der Waals surface area contributed by atoms with Gasteiger partial charge in [0.15, 0.2) is 0 Å². The number of hydrogen-bond donors (Lipinski definition) is 0. The second-order valence-corrected chi connectivity index (χ2v) is 3.66. The fraction of sp³-hybridized carbons (Fsp3) is 0.333. The summed E-state index contributed by atoms with van der Waals surface area (Å²) >= 11 is 3.14. The van der Waals surface area contributed by atoms with Gasteiger partial charge in [-0.15, -0.1) is 0 Å². The summed E-state index contributed by atoms with van der Waals surface area (Å²) < 4.78 is 18.8. The first-order valence-electron chi connectivity index (χ1n) is 3.88. The van der Waals surface area contributed by atoms with E-state index in [-0.39, 0.29) is 5.82 Å². The highest BCUT2D eigenvalue weighted by Gasteiger charge is 2.24. The summed E-state index contributed by atoms with van der Waals surface area (Å²) in [5.41, 5.74) is 0. The van der Waals surface area contributed by atoms with Gasteiger partial charge in [-0.25, -0.2) is 4.39 Å². The Morgan fingerprint density at radius 1 is 1.42 bits per heavy atom. The third kappa shape index (κ3) is 1.61. The SMILES string of the molecule is Fc1cccc(OC2CC2)c1Br. The van der Waals surface area contributed by atoms with Crippen LogP contribution in [0, 0.1) is 5.82 Å². The fourth-order valence-corrected chi connectivity index (χ4v) is 1.30. The van der Waals surface area contributed by atoms with Crippen LogP contribution in [-0.2, 0) is 0 Å². The summed E-state index contributed by atoms with van der Waals surface area (Å²) in [6.07, 6.45) is 2.48. The molecule has 1 aromatic carbocycles. The number of benzene rings is 1. The Hall–Kier alpha value is -0.570. The molecule has 1 aromatic rings. The molecule has 0 unspecified atom stereocenters. The van der Waals surface area contributed by atoms with Crippen LogP contribution in [0.25, 0.3) is 0 Å². The molecule has 1 fully saturated rings. The topological polar surface area (TPSA) is 9.23 Å². The first-order chi connectivity index (χ1) is 5.77. The van der Waals surface area contributed by atoms with E-state index < -0.39 is 0 Å². The van der Waals surface area contributed by atoms with Crippen LogP contribution >= 0.6 is 15.9 Å². The van der Waals surface area contributed by atoms with Crippen molar-refractivity contribution in [2.24, 2.45) is 0 Å². The van der Waals surface area contributed by atoms with Gasteiger partial charge in [0.2, 0.25) is 0 Å². The van der Waals surface area contributed by atoms with Crippen molar-refractivity contribution in [1.29, 1.82) is 0 Å². The highest BCUT2D eigenvalue weighted by Crippen LogP contribution is 2.33. The van der Waals surface area contributed by atoms with Gasteiger partial charge in [0.25, 0.3) is 0 Å². The molecule has 0 bridgehead atoms. The van der Waals surface area contributed by atoms with E-state index in [0.29, 0.717) is 16.3 Å². The maximum absolute atomic E-state index is 12.9. The average molecular weight is 231 g/mol. The van der Waals surface area contributed by atoms with Crippen molar-refractivity contribution < 1.29 is 9.13 Å². The van der Waals surface area contributed by atoms with Crippen molar-refractivity contribution in [2.45, 2.75) is 18.9 Å². The molecule has 0 radical (unpaired) electrons. The minimum absolute atomic E-state index is 0.270. The second-order valence-electron chi connectivity index (χ2n) is 2.87. The van der Waals surface area contributed by atoms with Gasteiger partial charge in [-0.05, 0) is 40.9 Å². The predicted octanol–water partition coefficient (Wildman–Crippen LogP) is 3.13. The summed E-state index contributed by atoms with van der Waals surface area (Å²) in [4.78, 5) is 0. The van der Waals surface area contributed by atoms with Crippen LogP contribution in [0.5, 0.6) is 5.75 Å². The number of halogens is 2. The molecular formula is C9H8BrFO. The maximum Gasteiger partial charge on any atom is 0.141 e. The van der Waals surface area contributed by atoms with E-state index in [9.17, 15) is 4.39 Å². The van der Waals surface area contributed by atoms with Crippen LogP contribution in [0.15, 0.2) is 22.7 Å². The van der Waals surface area contributed by atoms with Crippen LogP contribution in [0.2, 0.25) is 0 Å². The van der Waals surface area contributed by atoms with E-state index in [2.05, 4.69) is 15.9 Å². The van der Waals surface area contributed by atoms with Crippen LogP contribution in [0.1, 0.15) is 12.8 Å². The van der Waals surface area contributed by atoms with Crippen LogP contribution < -0.4 is 4.74 Å². The molecule has 0 spiro atoms. The third-order valence-corrected chi connectivity index (χ3v) is 2.50. The van der Waals surface area contributed by atoms with Gasteiger partial charge in [0.1, 0.15) is 11.6 Å². The lowest BCUT2D eigenvalue weighted by Crippen LogP contribution is -1.97. The first kappa shape index (κ1) is 8.05. The molecule has 0 N–H and O–H groups in total. The largest absolute Gasteiger partial charge is 0.489 e. The standard InChI is InChI=1S/C9H8BrFO/c10-9-7(11)2-1-3-8(9)12-6-4-5-6/h1-3,6H,4-5H2. The van der Waals surface area contributed by atoms with Crippen molar-refractivity contribution in [3.8, 4) is 5.75 Å². The fourth-order valence-electron chi connectivity index (χ4n) is 0.940. The molecule has 12 heavy (non-hydrogen) atoms. The van der Waals surface area contributed by atoms with Crippen molar-refractivity contribution >= 4 is 15.9 Å². The monoisotopic (exact) mass is 230 g/mol. The molecule has 1 saturated carbocycles. The molecule has 0 atom stereocenters. The predicted molar refractivity (Wildman–Crippen MR) is 47.8 cm³/mol. The van der Waals surface area contributed by atoms with Crippen LogP contribution in [-0.4, -0.2) is 6.10 Å². The lowest BCUT2D eigenvalue weighted by atomic mass is 10.3. The minimum Gasteiger partial charge on any atom is -0.489 e. The summed E-state index contributed by atoms with van der Waals surface area (Å²) in [7, 11) is 0. The first-order valence-corrected chi connectivity index (χ1v) is 4.67. The zero-order valence-electron chi connectivity index (χ0n) is 6.39. The highest BCUT2D eigenvalue weighted by molar-refractivity contribution is 9.10. The Morgan fingerprint density at radius 3 is 2.83 bits per heavy atom. The van der Waals surface area contributed by atoms with Crippen LogP contribution in [0.3, 0.4) is 0 Å². The van der Waals surface area contributed by atoms with Crippen molar-refractivity contribution in [3.63, 3.8) is 0 Å². The van der Waals surface area contributed by atoms with E-state index in [1.54, 1.807) is 12.1 Å². The van der Waals surface area contributed by atoms with E-state index >= 15 is 0 Å². The summed E-state index contributed by atoms with van der Waals surface area (Å²) in [6, 6.07) is 4.83. The smallest absolute Gasteiger partial charge is 0.141 e. The van der Waals surface area contributed by atoms with Gasteiger partial charge in [-0.3, -0.25) is 0 Å². The summed E-state index contributed by atoms with van der Waals surface area (Å²) in [6.45, 7) is 0.